The average Bonchev–Trinajstić information content (AvgIpc) is 3.35. The highest BCUT2D eigenvalue weighted by molar-refractivity contribution is 5.75. The molecule has 6 nitrogen and oxygen atoms in total. The molecule has 1 heterocycles. The van der Waals surface area contributed by atoms with Crippen LogP contribution in [0.1, 0.15) is 43.7 Å². The number of nitrogens with zero attached hydrogens (tertiary/aromatic N) is 2. The van der Waals surface area contributed by atoms with E-state index in [0.29, 0.717) is 6.54 Å². The molecular formula is C20H27N3O3. The van der Waals surface area contributed by atoms with Crippen LogP contribution in [0.15, 0.2) is 24.3 Å². The highest BCUT2D eigenvalue weighted by Crippen LogP contribution is 2.52. The van der Waals surface area contributed by atoms with Crippen LogP contribution >= 0.6 is 0 Å². The first-order valence-electron chi connectivity index (χ1n) is 9.60. The fraction of sp³-hybridized carbons (Fsp3) is 0.600. The van der Waals surface area contributed by atoms with E-state index in [-0.39, 0.29) is 30.1 Å². The van der Waals surface area contributed by atoms with E-state index >= 15 is 0 Å². The van der Waals surface area contributed by atoms with Gasteiger partial charge in [0.25, 0.3) is 0 Å². The van der Waals surface area contributed by atoms with Crippen molar-refractivity contribution in [2.45, 2.75) is 56.7 Å². The van der Waals surface area contributed by atoms with Crippen molar-refractivity contribution in [1.29, 1.82) is 0 Å². The predicted octanol–water partition coefficient (Wildman–Crippen LogP) is 2.18. The number of carboxylic acids is 1. The number of fused-ring (bicyclic) bond motifs is 2. The molecule has 2 amide bonds. The van der Waals surface area contributed by atoms with Gasteiger partial charge in [0, 0.05) is 30.6 Å². The molecule has 0 saturated heterocycles. The molecule has 2 N–H and O–H groups in total. The third-order valence-electron chi connectivity index (χ3n) is 6.29. The molecule has 2 fully saturated rings. The molecule has 2 aliphatic carbocycles. The van der Waals surface area contributed by atoms with Crippen LogP contribution in [0, 0.1) is 0 Å². The normalized spacial score (nSPS) is 25.5. The molecule has 3 aliphatic rings. The van der Waals surface area contributed by atoms with Crippen LogP contribution in [-0.2, 0) is 16.8 Å². The third-order valence-corrected chi connectivity index (χ3v) is 6.29. The lowest BCUT2D eigenvalue weighted by atomic mass is 9.85. The van der Waals surface area contributed by atoms with E-state index in [1.165, 1.54) is 24.0 Å². The number of aliphatic carboxylic acids is 1. The maximum Gasteiger partial charge on any atom is 0.317 e. The molecule has 26 heavy (non-hydrogen) atoms. The smallest absolute Gasteiger partial charge is 0.317 e. The van der Waals surface area contributed by atoms with Crippen molar-refractivity contribution in [1.82, 2.24) is 15.1 Å². The number of urea groups is 1. The Labute approximate surface area is 154 Å². The van der Waals surface area contributed by atoms with E-state index in [9.17, 15) is 9.59 Å². The van der Waals surface area contributed by atoms with Crippen molar-refractivity contribution in [3.63, 3.8) is 0 Å². The summed E-state index contributed by atoms with van der Waals surface area (Å²) in [5.74, 6) is -0.791. The van der Waals surface area contributed by atoms with E-state index in [1.54, 1.807) is 0 Å². The number of hydrogen-bond acceptors (Lipinski definition) is 3. The Balaban J connectivity index is 1.32. The second kappa shape index (κ2) is 6.58. The van der Waals surface area contributed by atoms with Crippen LogP contribution in [0.3, 0.4) is 0 Å². The van der Waals surface area contributed by atoms with Crippen LogP contribution in [-0.4, -0.2) is 58.6 Å². The minimum Gasteiger partial charge on any atom is -0.480 e. The number of benzene rings is 1. The Kier molecular flexibility index (Phi) is 4.39. The minimum absolute atomic E-state index is 0.0236. The van der Waals surface area contributed by atoms with Gasteiger partial charge >= 0.3 is 12.0 Å². The molecular weight excluding hydrogens is 330 g/mol. The Morgan fingerprint density at radius 2 is 2.04 bits per heavy atom. The molecule has 0 bridgehead atoms. The van der Waals surface area contributed by atoms with Crippen LogP contribution in [0.5, 0.6) is 0 Å². The van der Waals surface area contributed by atoms with Gasteiger partial charge in [-0.3, -0.25) is 9.69 Å². The topological polar surface area (TPSA) is 72.9 Å². The van der Waals surface area contributed by atoms with Crippen molar-refractivity contribution >= 4 is 12.0 Å². The summed E-state index contributed by atoms with van der Waals surface area (Å²) in [4.78, 5) is 27.6. The molecule has 1 aromatic carbocycles. The molecule has 0 atom stereocenters. The minimum atomic E-state index is -0.791. The zero-order chi connectivity index (χ0) is 18.3. The molecule has 2 saturated carbocycles. The first kappa shape index (κ1) is 17.3. The zero-order valence-corrected chi connectivity index (χ0v) is 15.3. The Bertz CT molecular complexity index is 710. The van der Waals surface area contributed by atoms with Gasteiger partial charge < -0.3 is 15.3 Å². The van der Waals surface area contributed by atoms with Crippen molar-refractivity contribution in [3.8, 4) is 0 Å². The molecule has 0 aromatic heterocycles. The summed E-state index contributed by atoms with van der Waals surface area (Å²) in [5, 5.41) is 12.1. The summed E-state index contributed by atoms with van der Waals surface area (Å²) in [6, 6.07) is 8.94. The fourth-order valence-electron chi connectivity index (χ4n) is 4.55. The van der Waals surface area contributed by atoms with E-state index in [4.69, 9.17) is 5.11 Å². The van der Waals surface area contributed by atoms with Crippen molar-refractivity contribution in [2.24, 2.45) is 0 Å². The summed E-state index contributed by atoms with van der Waals surface area (Å²) in [6.07, 6.45) is 4.00. The van der Waals surface area contributed by atoms with E-state index < -0.39 is 5.97 Å². The molecule has 4 rings (SSSR count). The van der Waals surface area contributed by atoms with Crippen LogP contribution in [0.2, 0.25) is 0 Å². The molecule has 0 radical (unpaired) electrons. The zero-order valence-electron chi connectivity index (χ0n) is 15.3. The molecule has 140 valence electrons. The highest BCUT2D eigenvalue weighted by atomic mass is 16.4. The number of rotatable bonds is 5. The highest BCUT2D eigenvalue weighted by Gasteiger charge is 2.50. The Morgan fingerprint density at radius 1 is 1.31 bits per heavy atom. The lowest BCUT2D eigenvalue weighted by Gasteiger charge is -2.43. The van der Waals surface area contributed by atoms with Crippen molar-refractivity contribution in [3.05, 3.63) is 35.4 Å². The number of carbonyl (C=O) groups excluding carboxylic acids is 1. The monoisotopic (exact) mass is 357 g/mol. The first-order valence-corrected chi connectivity index (χ1v) is 9.60. The average molecular weight is 357 g/mol. The Morgan fingerprint density at radius 3 is 2.69 bits per heavy atom. The number of carbonyl (C=O) groups is 2. The largest absolute Gasteiger partial charge is 0.480 e. The number of likely N-dealkylation sites (N-methyl/N-ethyl adjacent to an activating group) is 1. The Hall–Kier alpha value is -2.08. The molecule has 1 spiro atoms. The summed E-state index contributed by atoms with van der Waals surface area (Å²) < 4.78 is 0. The summed E-state index contributed by atoms with van der Waals surface area (Å²) in [7, 11) is 0. The number of amides is 2. The second-order valence-electron chi connectivity index (χ2n) is 8.02. The van der Waals surface area contributed by atoms with Gasteiger partial charge in [0.2, 0.25) is 0 Å². The number of hydrogen-bond donors (Lipinski definition) is 2. The van der Waals surface area contributed by atoms with Gasteiger partial charge in [-0.1, -0.05) is 31.2 Å². The number of nitrogens with one attached hydrogen (secondary N) is 1. The van der Waals surface area contributed by atoms with Crippen LogP contribution in [0.25, 0.3) is 0 Å². The lowest BCUT2D eigenvalue weighted by molar-refractivity contribution is -0.139. The predicted molar refractivity (Wildman–Crippen MR) is 98.0 cm³/mol. The number of carboxylic acid groups (broad SMARTS) is 1. The van der Waals surface area contributed by atoms with E-state index in [1.807, 2.05) is 16.7 Å². The molecule has 6 heteroatoms. The van der Waals surface area contributed by atoms with Crippen molar-refractivity contribution in [2.75, 3.05) is 19.6 Å². The SMILES string of the molecule is CCN(CC(=O)O)C1CC(NC(=O)N2Cc3ccccc3C3(CC3)C2)C1. The standard InChI is InChI=1S/C20H27N3O3/c1-2-22(12-18(24)25)16-9-15(10-16)21-19(26)23-11-14-5-3-4-6-17(14)20(13-23)7-8-20/h3-6,15-16H,2,7-13H2,1H3,(H,21,26)(H,24,25). The summed E-state index contributed by atoms with van der Waals surface area (Å²) >= 11 is 0. The third kappa shape index (κ3) is 3.18. The van der Waals surface area contributed by atoms with E-state index in [2.05, 4.69) is 29.6 Å². The van der Waals surface area contributed by atoms with Crippen molar-refractivity contribution < 1.29 is 14.7 Å². The van der Waals surface area contributed by atoms with Gasteiger partial charge in [0.1, 0.15) is 0 Å². The first-order chi connectivity index (χ1) is 12.5. The fourth-order valence-corrected chi connectivity index (χ4v) is 4.55. The quantitative estimate of drug-likeness (QED) is 0.847. The van der Waals surface area contributed by atoms with Gasteiger partial charge in [0.05, 0.1) is 6.54 Å². The van der Waals surface area contributed by atoms with Gasteiger partial charge in [-0.15, -0.1) is 0 Å². The summed E-state index contributed by atoms with van der Waals surface area (Å²) in [5.41, 5.74) is 2.89. The summed E-state index contributed by atoms with van der Waals surface area (Å²) in [6.45, 7) is 4.28. The second-order valence-corrected chi connectivity index (χ2v) is 8.02. The van der Waals surface area contributed by atoms with E-state index in [0.717, 1.165) is 25.9 Å². The molecule has 1 aliphatic heterocycles. The maximum absolute atomic E-state index is 12.8. The lowest BCUT2D eigenvalue weighted by Crippen LogP contribution is -2.57. The van der Waals surface area contributed by atoms with Crippen LogP contribution in [0.4, 0.5) is 4.79 Å². The van der Waals surface area contributed by atoms with Gasteiger partial charge in [-0.05, 0) is 43.4 Å². The van der Waals surface area contributed by atoms with Gasteiger partial charge in [-0.25, -0.2) is 4.79 Å². The maximum atomic E-state index is 12.8. The van der Waals surface area contributed by atoms with Crippen LogP contribution < -0.4 is 5.32 Å². The van der Waals surface area contributed by atoms with Gasteiger partial charge in [-0.2, -0.15) is 0 Å². The van der Waals surface area contributed by atoms with Gasteiger partial charge in [0.15, 0.2) is 0 Å². The molecule has 0 unspecified atom stereocenters. The molecule has 1 aromatic rings.